The predicted molar refractivity (Wildman–Crippen MR) is 75.4 cm³/mol. The van der Waals surface area contributed by atoms with Crippen LogP contribution < -0.4 is 11.1 Å². The fourth-order valence-electron chi connectivity index (χ4n) is 1.49. The molecule has 0 saturated heterocycles. The van der Waals surface area contributed by atoms with E-state index < -0.39 is 0 Å². The number of benzene rings is 1. The second-order valence-corrected chi connectivity index (χ2v) is 5.36. The number of thiazole rings is 1. The van der Waals surface area contributed by atoms with Gasteiger partial charge in [-0.3, -0.25) is 4.79 Å². The number of rotatable bonds is 2. The molecule has 1 aromatic heterocycles. The number of carbonyl (C=O) groups is 1. The number of hydrogen-bond acceptors (Lipinski definition) is 4. The number of carbonyl (C=O) groups excluding carboxylic acids is 1. The maximum Gasteiger partial charge on any atom is 0.275 e. The first-order valence-corrected chi connectivity index (χ1v) is 6.52. The number of hydrogen-bond donors (Lipinski definition) is 2. The third kappa shape index (κ3) is 2.63. The van der Waals surface area contributed by atoms with Crippen LogP contribution in [0.5, 0.6) is 0 Å². The molecule has 0 spiro atoms. The number of anilines is 2. The van der Waals surface area contributed by atoms with Crippen molar-refractivity contribution in [2.75, 3.05) is 11.1 Å². The lowest BCUT2D eigenvalue weighted by Gasteiger charge is -2.09. The summed E-state index contributed by atoms with van der Waals surface area (Å²) in [5.74, 6) is -0.247. The van der Waals surface area contributed by atoms with Gasteiger partial charge in [-0.25, -0.2) is 4.98 Å². The van der Waals surface area contributed by atoms with Crippen molar-refractivity contribution in [2.24, 2.45) is 0 Å². The van der Waals surface area contributed by atoms with Gasteiger partial charge in [0, 0.05) is 11.1 Å². The lowest BCUT2D eigenvalue weighted by Crippen LogP contribution is -2.13. The second kappa shape index (κ2) is 4.96. The molecule has 18 heavy (non-hydrogen) atoms. The Morgan fingerprint density at radius 2 is 2.17 bits per heavy atom. The Hall–Kier alpha value is -1.59. The Balaban J connectivity index is 2.24. The maximum absolute atomic E-state index is 11.9. The minimum Gasteiger partial charge on any atom is -0.398 e. The normalized spacial score (nSPS) is 10.4. The first kappa shape index (κ1) is 12.9. The van der Waals surface area contributed by atoms with Crippen LogP contribution in [0, 0.1) is 13.8 Å². The summed E-state index contributed by atoms with van der Waals surface area (Å²) in [5.41, 5.74) is 8.09. The van der Waals surface area contributed by atoms with Crippen LogP contribution in [0.15, 0.2) is 17.5 Å². The lowest BCUT2D eigenvalue weighted by molar-refractivity contribution is 0.102. The minimum atomic E-state index is -0.247. The number of aryl methyl sites for hydroxylation is 2. The van der Waals surface area contributed by atoms with Crippen LogP contribution in [0.4, 0.5) is 11.4 Å². The van der Waals surface area contributed by atoms with Gasteiger partial charge in [0.1, 0.15) is 5.69 Å². The molecule has 0 aliphatic rings. The Kier molecular flexibility index (Phi) is 3.54. The van der Waals surface area contributed by atoms with Crippen molar-refractivity contribution in [2.45, 2.75) is 13.8 Å². The molecule has 1 amide bonds. The summed E-state index contributed by atoms with van der Waals surface area (Å²) in [5, 5.41) is 5.77. The van der Waals surface area contributed by atoms with E-state index in [1.807, 2.05) is 13.8 Å². The first-order chi connectivity index (χ1) is 8.47. The molecule has 2 aromatic rings. The lowest BCUT2D eigenvalue weighted by atomic mass is 10.1. The molecular weight excluding hydrogens is 270 g/mol. The zero-order valence-corrected chi connectivity index (χ0v) is 11.5. The number of halogens is 1. The van der Waals surface area contributed by atoms with E-state index in [9.17, 15) is 4.79 Å². The summed E-state index contributed by atoms with van der Waals surface area (Å²) >= 11 is 7.36. The van der Waals surface area contributed by atoms with E-state index in [1.54, 1.807) is 17.5 Å². The van der Waals surface area contributed by atoms with Crippen LogP contribution in [-0.4, -0.2) is 10.9 Å². The molecule has 0 atom stereocenters. The van der Waals surface area contributed by atoms with Gasteiger partial charge in [0.05, 0.1) is 15.7 Å². The van der Waals surface area contributed by atoms with Crippen molar-refractivity contribution in [3.63, 3.8) is 0 Å². The van der Waals surface area contributed by atoms with Crippen LogP contribution in [-0.2, 0) is 0 Å². The number of amides is 1. The molecule has 1 aromatic carbocycles. The molecule has 94 valence electrons. The summed E-state index contributed by atoms with van der Waals surface area (Å²) < 4.78 is 0. The Morgan fingerprint density at radius 1 is 1.44 bits per heavy atom. The molecule has 0 bridgehead atoms. The van der Waals surface area contributed by atoms with Crippen LogP contribution in [0.2, 0.25) is 5.02 Å². The molecule has 1 heterocycles. The number of nitrogens with one attached hydrogen (secondary N) is 1. The van der Waals surface area contributed by atoms with E-state index in [1.165, 1.54) is 11.3 Å². The van der Waals surface area contributed by atoms with Gasteiger partial charge < -0.3 is 11.1 Å². The van der Waals surface area contributed by atoms with E-state index in [-0.39, 0.29) is 5.91 Å². The molecular formula is C12H12ClN3OS. The Bertz CT molecular complexity index is 609. The SMILES string of the molecule is Cc1nc(C(=O)Nc2cc(Cl)c(N)cc2C)cs1. The first-order valence-electron chi connectivity index (χ1n) is 5.26. The Morgan fingerprint density at radius 3 is 2.78 bits per heavy atom. The quantitative estimate of drug-likeness (QED) is 0.830. The van der Waals surface area contributed by atoms with Gasteiger partial charge in [-0.05, 0) is 31.5 Å². The van der Waals surface area contributed by atoms with Gasteiger partial charge in [-0.1, -0.05) is 11.6 Å². The molecule has 6 heteroatoms. The molecule has 0 radical (unpaired) electrons. The molecule has 0 aliphatic carbocycles. The zero-order chi connectivity index (χ0) is 13.3. The molecule has 0 unspecified atom stereocenters. The molecule has 3 N–H and O–H groups in total. The highest BCUT2D eigenvalue weighted by Gasteiger charge is 2.12. The Labute approximate surface area is 114 Å². The molecule has 0 aliphatic heterocycles. The van der Waals surface area contributed by atoms with Gasteiger partial charge in [0.2, 0.25) is 0 Å². The highest BCUT2D eigenvalue weighted by atomic mass is 35.5. The average Bonchev–Trinajstić information content (AvgIpc) is 2.73. The van der Waals surface area contributed by atoms with Gasteiger partial charge in [-0.2, -0.15) is 0 Å². The van der Waals surface area contributed by atoms with Gasteiger partial charge in [-0.15, -0.1) is 11.3 Å². The standard InChI is InChI=1S/C12H12ClN3OS/c1-6-3-9(14)8(13)4-10(6)16-12(17)11-5-18-7(2)15-11/h3-5H,14H2,1-2H3,(H,16,17). The highest BCUT2D eigenvalue weighted by Crippen LogP contribution is 2.27. The maximum atomic E-state index is 11.9. The van der Waals surface area contributed by atoms with E-state index in [2.05, 4.69) is 10.3 Å². The topological polar surface area (TPSA) is 68.0 Å². The molecule has 0 fully saturated rings. The van der Waals surface area contributed by atoms with Crippen LogP contribution >= 0.6 is 22.9 Å². The van der Waals surface area contributed by atoms with E-state index in [0.717, 1.165) is 10.6 Å². The van der Waals surface area contributed by atoms with Crippen molar-refractivity contribution in [3.8, 4) is 0 Å². The summed E-state index contributed by atoms with van der Waals surface area (Å²) in [6, 6.07) is 3.37. The largest absolute Gasteiger partial charge is 0.398 e. The fourth-order valence-corrected chi connectivity index (χ4v) is 2.25. The average molecular weight is 282 g/mol. The number of aromatic nitrogens is 1. The fraction of sp³-hybridized carbons (Fsp3) is 0.167. The van der Waals surface area contributed by atoms with E-state index in [0.29, 0.717) is 22.1 Å². The summed E-state index contributed by atoms with van der Waals surface area (Å²) in [4.78, 5) is 16.1. The van der Waals surface area contributed by atoms with Crippen molar-refractivity contribution < 1.29 is 4.79 Å². The number of nitrogens with zero attached hydrogens (tertiary/aromatic N) is 1. The predicted octanol–water partition coefficient (Wildman–Crippen LogP) is 3.25. The van der Waals surface area contributed by atoms with E-state index >= 15 is 0 Å². The molecule has 4 nitrogen and oxygen atoms in total. The monoisotopic (exact) mass is 281 g/mol. The smallest absolute Gasteiger partial charge is 0.275 e. The van der Waals surface area contributed by atoms with Gasteiger partial charge in [0.15, 0.2) is 0 Å². The summed E-state index contributed by atoms with van der Waals surface area (Å²) in [6.45, 7) is 3.71. The zero-order valence-electron chi connectivity index (χ0n) is 9.95. The van der Waals surface area contributed by atoms with Crippen LogP contribution in [0.25, 0.3) is 0 Å². The summed E-state index contributed by atoms with van der Waals surface area (Å²) in [7, 11) is 0. The molecule has 2 rings (SSSR count). The van der Waals surface area contributed by atoms with Gasteiger partial charge in [0.25, 0.3) is 5.91 Å². The van der Waals surface area contributed by atoms with Crippen molar-refractivity contribution in [1.29, 1.82) is 0 Å². The highest BCUT2D eigenvalue weighted by molar-refractivity contribution is 7.09. The minimum absolute atomic E-state index is 0.247. The second-order valence-electron chi connectivity index (χ2n) is 3.89. The van der Waals surface area contributed by atoms with Crippen molar-refractivity contribution >= 4 is 40.2 Å². The van der Waals surface area contributed by atoms with Crippen molar-refractivity contribution in [1.82, 2.24) is 4.98 Å². The van der Waals surface area contributed by atoms with Gasteiger partial charge >= 0.3 is 0 Å². The van der Waals surface area contributed by atoms with Crippen LogP contribution in [0.1, 0.15) is 21.1 Å². The van der Waals surface area contributed by atoms with Crippen molar-refractivity contribution in [3.05, 3.63) is 38.8 Å². The van der Waals surface area contributed by atoms with Crippen LogP contribution in [0.3, 0.4) is 0 Å². The molecule has 0 saturated carbocycles. The third-order valence-corrected chi connectivity index (χ3v) is 3.54. The third-order valence-electron chi connectivity index (χ3n) is 2.44. The number of nitrogens with two attached hydrogens (primary N) is 1. The van der Waals surface area contributed by atoms with E-state index in [4.69, 9.17) is 17.3 Å². The summed E-state index contributed by atoms with van der Waals surface area (Å²) in [6.07, 6.45) is 0. The number of nitrogen functional groups attached to an aromatic ring is 1.